The van der Waals surface area contributed by atoms with Gasteiger partial charge in [-0.1, -0.05) is 6.07 Å². The van der Waals surface area contributed by atoms with Crippen molar-refractivity contribution in [3.8, 4) is 0 Å². The standard InChI is InChI=1S/C18H22FN3O3S/c1-12-6-7-14(10-15(12)19)20-26(24,25)17-11-16(21(3)13(17)2)18(23)22-8-4-5-9-22/h6-7,10-11,20H,4-5,8-9H2,1-3H3. The molecule has 1 fully saturated rings. The number of nitrogens with one attached hydrogen (secondary N) is 1. The molecule has 6 nitrogen and oxygen atoms in total. The highest BCUT2D eigenvalue weighted by Crippen LogP contribution is 2.25. The molecule has 3 rings (SSSR count). The normalized spacial score (nSPS) is 14.7. The Labute approximate surface area is 152 Å². The second kappa shape index (κ2) is 6.75. The van der Waals surface area contributed by atoms with E-state index in [1.807, 2.05) is 0 Å². The van der Waals surface area contributed by atoms with Crippen LogP contribution in [0.15, 0.2) is 29.2 Å². The van der Waals surface area contributed by atoms with Crippen molar-refractivity contribution in [2.75, 3.05) is 17.8 Å². The summed E-state index contributed by atoms with van der Waals surface area (Å²) in [7, 11) is -2.27. The summed E-state index contributed by atoms with van der Waals surface area (Å²) >= 11 is 0. The van der Waals surface area contributed by atoms with Crippen LogP contribution in [0.25, 0.3) is 0 Å². The molecule has 0 bridgehead atoms. The maximum atomic E-state index is 13.7. The van der Waals surface area contributed by atoms with Gasteiger partial charge in [0.25, 0.3) is 15.9 Å². The average Bonchev–Trinajstić information content (AvgIpc) is 3.20. The summed E-state index contributed by atoms with van der Waals surface area (Å²) in [6.45, 7) is 4.62. The van der Waals surface area contributed by atoms with Crippen molar-refractivity contribution in [3.05, 3.63) is 47.0 Å². The lowest BCUT2D eigenvalue weighted by Gasteiger charge is -2.15. The van der Waals surface area contributed by atoms with E-state index in [2.05, 4.69) is 4.72 Å². The van der Waals surface area contributed by atoms with E-state index in [-0.39, 0.29) is 16.5 Å². The Kier molecular flexibility index (Phi) is 4.79. The molecular weight excluding hydrogens is 357 g/mol. The van der Waals surface area contributed by atoms with Crippen molar-refractivity contribution >= 4 is 21.6 Å². The van der Waals surface area contributed by atoms with E-state index in [0.29, 0.717) is 30.0 Å². The largest absolute Gasteiger partial charge is 0.343 e. The molecule has 1 aliphatic heterocycles. The molecular formula is C18H22FN3O3S. The number of carbonyl (C=O) groups is 1. The van der Waals surface area contributed by atoms with Gasteiger partial charge in [-0.3, -0.25) is 9.52 Å². The second-order valence-electron chi connectivity index (χ2n) is 6.61. The van der Waals surface area contributed by atoms with Gasteiger partial charge in [0.15, 0.2) is 0 Å². The molecule has 2 aromatic rings. The van der Waals surface area contributed by atoms with Gasteiger partial charge in [-0.25, -0.2) is 12.8 Å². The van der Waals surface area contributed by atoms with Gasteiger partial charge in [0.2, 0.25) is 0 Å². The van der Waals surface area contributed by atoms with Crippen LogP contribution in [0.1, 0.15) is 34.6 Å². The van der Waals surface area contributed by atoms with E-state index >= 15 is 0 Å². The van der Waals surface area contributed by atoms with Crippen LogP contribution < -0.4 is 4.72 Å². The van der Waals surface area contributed by atoms with Crippen LogP contribution in [-0.2, 0) is 17.1 Å². The maximum Gasteiger partial charge on any atom is 0.270 e. The fraction of sp³-hybridized carbons (Fsp3) is 0.389. The van der Waals surface area contributed by atoms with Gasteiger partial charge in [0.05, 0.1) is 5.69 Å². The Hall–Kier alpha value is -2.35. The number of amides is 1. The van der Waals surface area contributed by atoms with E-state index in [1.54, 1.807) is 30.4 Å². The van der Waals surface area contributed by atoms with E-state index in [1.165, 1.54) is 18.2 Å². The lowest BCUT2D eigenvalue weighted by atomic mass is 10.2. The van der Waals surface area contributed by atoms with Crippen LogP contribution in [0.5, 0.6) is 0 Å². The molecule has 0 unspecified atom stereocenters. The second-order valence-corrected chi connectivity index (χ2v) is 8.26. The Bertz CT molecular complexity index is 960. The zero-order chi connectivity index (χ0) is 19.1. The van der Waals surface area contributed by atoms with Crippen LogP contribution in [-0.4, -0.2) is 36.9 Å². The quantitative estimate of drug-likeness (QED) is 0.888. The van der Waals surface area contributed by atoms with Crippen LogP contribution in [0.4, 0.5) is 10.1 Å². The van der Waals surface area contributed by atoms with Crippen LogP contribution in [0, 0.1) is 19.7 Å². The number of likely N-dealkylation sites (tertiary alicyclic amines) is 1. The monoisotopic (exact) mass is 379 g/mol. The number of carbonyl (C=O) groups excluding carboxylic acids is 1. The zero-order valence-corrected chi connectivity index (χ0v) is 15.9. The molecule has 8 heteroatoms. The molecule has 1 N–H and O–H groups in total. The number of halogens is 1. The Morgan fingerprint density at radius 3 is 2.42 bits per heavy atom. The summed E-state index contributed by atoms with van der Waals surface area (Å²) in [5.41, 5.74) is 1.36. The van der Waals surface area contributed by atoms with Gasteiger partial charge in [0, 0.05) is 25.8 Å². The zero-order valence-electron chi connectivity index (χ0n) is 15.0. The lowest BCUT2D eigenvalue weighted by molar-refractivity contribution is 0.0783. The minimum Gasteiger partial charge on any atom is -0.343 e. The summed E-state index contributed by atoms with van der Waals surface area (Å²) in [6, 6.07) is 5.54. The molecule has 0 atom stereocenters. The van der Waals surface area contributed by atoms with E-state index in [4.69, 9.17) is 0 Å². The highest BCUT2D eigenvalue weighted by atomic mass is 32.2. The number of hydrogen-bond acceptors (Lipinski definition) is 3. The number of anilines is 1. The molecule has 0 aliphatic carbocycles. The number of nitrogens with zero attached hydrogens (tertiary/aromatic N) is 2. The minimum absolute atomic E-state index is 0.0172. The summed E-state index contributed by atoms with van der Waals surface area (Å²) in [5, 5.41) is 0. The van der Waals surface area contributed by atoms with Crippen LogP contribution >= 0.6 is 0 Å². The summed E-state index contributed by atoms with van der Waals surface area (Å²) < 4.78 is 43.2. The molecule has 0 radical (unpaired) electrons. The maximum absolute atomic E-state index is 13.7. The first kappa shape index (κ1) is 18.4. The Morgan fingerprint density at radius 2 is 1.81 bits per heavy atom. The van der Waals surface area contributed by atoms with Crippen molar-refractivity contribution in [2.45, 2.75) is 31.6 Å². The first-order valence-electron chi connectivity index (χ1n) is 8.45. The summed E-state index contributed by atoms with van der Waals surface area (Å²) in [5.74, 6) is -0.657. The lowest BCUT2D eigenvalue weighted by Crippen LogP contribution is -2.29. The first-order chi connectivity index (χ1) is 12.2. The molecule has 140 valence electrons. The third kappa shape index (κ3) is 3.33. The number of aryl methyl sites for hydroxylation is 1. The van der Waals surface area contributed by atoms with Gasteiger partial charge in [0.1, 0.15) is 16.4 Å². The number of rotatable bonds is 4. The van der Waals surface area contributed by atoms with E-state index in [0.717, 1.165) is 18.9 Å². The molecule has 1 aliphatic rings. The van der Waals surface area contributed by atoms with Gasteiger partial charge in [-0.2, -0.15) is 0 Å². The van der Waals surface area contributed by atoms with Gasteiger partial charge < -0.3 is 9.47 Å². The van der Waals surface area contributed by atoms with Crippen molar-refractivity contribution in [3.63, 3.8) is 0 Å². The third-order valence-electron chi connectivity index (χ3n) is 4.81. The minimum atomic E-state index is -3.94. The highest BCUT2D eigenvalue weighted by molar-refractivity contribution is 7.92. The number of hydrogen-bond donors (Lipinski definition) is 1. The Balaban J connectivity index is 1.93. The summed E-state index contributed by atoms with van der Waals surface area (Å²) in [4.78, 5) is 14.4. The smallest absolute Gasteiger partial charge is 0.270 e. The molecule has 26 heavy (non-hydrogen) atoms. The first-order valence-corrected chi connectivity index (χ1v) is 9.93. The highest BCUT2D eigenvalue weighted by Gasteiger charge is 2.28. The van der Waals surface area contributed by atoms with E-state index in [9.17, 15) is 17.6 Å². The third-order valence-corrected chi connectivity index (χ3v) is 6.31. The predicted octanol–water partition coefficient (Wildman–Crippen LogP) is 2.82. The fourth-order valence-electron chi connectivity index (χ4n) is 3.10. The summed E-state index contributed by atoms with van der Waals surface area (Å²) in [6.07, 6.45) is 1.92. The molecule has 2 heterocycles. The topological polar surface area (TPSA) is 71.4 Å². The number of benzene rings is 1. The van der Waals surface area contributed by atoms with Crippen molar-refractivity contribution in [1.82, 2.24) is 9.47 Å². The molecule has 0 spiro atoms. The molecule has 1 aromatic carbocycles. The van der Waals surface area contributed by atoms with Crippen molar-refractivity contribution in [2.24, 2.45) is 7.05 Å². The van der Waals surface area contributed by atoms with Crippen LogP contribution in [0.3, 0.4) is 0 Å². The Morgan fingerprint density at radius 1 is 1.15 bits per heavy atom. The molecule has 1 saturated heterocycles. The van der Waals surface area contributed by atoms with Crippen LogP contribution in [0.2, 0.25) is 0 Å². The van der Waals surface area contributed by atoms with Crippen molar-refractivity contribution in [1.29, 1.82) is 0 Å². The molecule has 0 saturated carbocycles. The van der Waals surface area contributed by atoms with Crippen molar-refractivity contribution < 1.29 is 17.6 Å². The number of sulfonamides is 1. The van der Waals surface area contributed by atoms with Gasteiger partial charge in [-0.05, 0) is 50.5 Å². The van der Waals surface area contributed by atoms with Gasteiger partial charge >= 0.3 is 0 Å². The SMILES string of the molecule is Cc1ccc(NS(=O)(=O)c2cc(C(=O)N3CCCC3)n(C)c2C)cc1F. The molecule has 1 aromatic heterocycles. The number of aromatic nitrogens is 1. The average molecular weight is 379 g/mol. The van der Waals surface area contributed by atoms with Gasteiger partial charge in [-0.15, -0.1) is 0 Å². The molecule has 1 amide bonds. The predicted molar refractivity (Wildman–Crippen MR) is 97.2 cm³/mol. The fourth-order valence-corrected chi connectivity index (χ4v) is 4.44. The van der Waals surface area contributed by atoms with E-state index < -0.39 is 15.8 Å².